The van der Waals surface area contributed by atoms with Crippen LogP contribution in [0.25, 0.3) is 5.57 Å². The number of aromatic nitrogens is 2. The summed E-state index contributed by atoms with van der Waals surface area (Å²) in [7, 11) is 0. The summed E-state index contributed by atoms with van der Waals surface area (Å²) < 4.78 is 0. The lowest BCUT2D eigenvalue weighted by atomic mass is 10.2. The van der Waals surface area contributed by atoms with Gasteiger partial charge in [0.2, 0.25) is 0 Å². The maximum atomic E-state index is 3.83. The predicted molar refractivity (Wildman–Crippen MR) is 60.4 cm³/mol. The third-order valence-corrected chi connectivity index (χ3v) is 1.28. The Labute approximate surface area is 81.2 Å². The molecule has 1 N–H and O–H groups in total. The molecule has 0 amide bonds. The number of H-pyrrole nitrogens is 1. The zero-order valence-electron chi connectivity index (χ0n) is 8.25. The van der Waals surface area contributed by atoms with Gasteiger partial charge in [-0.1, -0.05) is 45.2 Å². The minimum absolute atomic E-state index is 0. The van der Waals surface area contributed by atoms with Crippen molar-refractivity contribution in [1.82, 2.24) is 10.2 Å². The van der Waals surface area contributed by atoms with Gasteiger partial charge in [0.05, 0.1) is 5.69 Å². The van der Waals surface area contributed by atoms with E-state index in [1.54, 1.807) is 12.3 Å². The van der Waals surface area contributed by atoms with Crippen molar-refractivity contribution >= 4 is 5.57 Å². The van der Waals surface area contributed by atoms with Gasteiger partial charge in [-0.25, -0.2) is 0 Å². The molecule has 0 saturated carbocycles. The van der Waals surface area contributed by atoms with Crippen LogP contribution in [0.4, 0.5) is 0 Å². The van der Waals surface area contributed by atoms with Crippen molar-refractivity contribution in [1.29, 1.82) is 0 Å². The molecule has 0 saturated heterocycles. The van der Waals surface area contributed by atoms with Gasteiger partial charge in [0.1, 0.15) is 0 Å². The van der Waals surface area contributed by atoms with Crippen LogP contribution >= 0.6 is 0 Å². The van der Waals surface area contributed by atoms with Gasteiger partial charge in [-0.2, -0.15) is 5.10 Å². The first-order valence-electron chi connectivity index (χ1n) is 4.32. The van der Waals surface area contributed by atoms with E-state index in [0.717, 1.165) is 11.3 Å². The van der Waals surface area contributed by atoms with Gasteiger partial charge in [-0.15, -0.1) is 0 Å². The Morgan fingerprint density at radius 1 is 1.62 bits per heavy atom. The van der Waals surface area contributed by atoms with Gasteiger partial charge in [0.25, 0.3) is 0 Å². The van der Waals surface area contributed by atoms with E-state index >= 15 is 0 Å². The Balaban J connectivity index is 0. The summed E-state index contributed by atoms with van der Waals surface area (Å²) >= 11 is 0. The monoisotopic (exact) mass is 178 g/mol. The zero-order chi connectivity index (χ0) is 10.1. The molecule has 1 heterocycles. The summed E-state index contributed by atoms with van der Waals surface area (Å²) in [5.74, 6) is 0. The Bertz CT molecular complexity index is 273. The lowest BCUT2D eigenvalue weighted by Gasteiger charge is -1.91. The van der Waals surface area contributed by atoms with E-state index in [0.29, 0.717) is 0 Å². The van der Waals surface area contributed by atoms with E-state index in [-0.39, 0.29) is 1.43 Å². The molecule has 2 heteroatoms. The minimum Gasteiger partial charge on any atom is -0.278 e. The number of rotatable bonds is 3. The first-order valence-corrected chi connectivity index (χ1v) is 4.32. The second-order valence-electron chi connectivity index (χ2n) is 2.09. The summed E-state index contributed by atoms with van der Waals surface area (Å²) in [6.07, 6.45) is 7.12. The molecule has 1 aromatic heterocycles. The van der Waals surface area contributed by atoms with Crippen molar-refractivity contribution in [3.63, 3.8) is 0 Å². The van der Waals surface area contributed by atoms with E-state index in [4.69, 9.17) is 0 Å². The molecule has 0 aliphatic heterocycles. The molecule has 0 atom stereocenters. The highest BCUT2D eigenvalue weighted by molar-refractivity contribution is 5.69. The highest BCUT2D eigenvalue weighted by Gasteiger charge is 1.92. The summed E-state index contributed by atoms with van der Waals surface area (Å²) in [5.41, 5.74) is 1.84. The van der Waals surface area contributed by atoms with Crippen LogP contribution in [0.1, 0.15) is 21.0 Å². The highest BCUT2D eigenvalue weighted by Crippen LogP contribution is 2.08. The van der Waals surface area contributed by atoms with E-state index in [1.807, 2.05) is 32.1 Å². The van der Waals surface area contributed by atoms with Crippen molar-refractivity contribution in [2.45, 2.75) is 13.8 Å². The van der Waals surface area contributed by atoms with Crippen LogP contribution in [0, 0.1) is 0 Å². The van der Waals surface area contributed by atoms with Crippen LogP contribution in [-0.2, 0) is 0 Å². The third kappa shape index (κ3) is 4.11. The van der Waals surface area contributed by atoms with E-state index in [1.165, 1.54) is 0 Å². The SMILES string of the molecule is C=C/C=C\C(=C)c1ccn[nH]1.CC.[HH]. The fourth-order valence-electron chi connectivity index (χ4n) is 0.709. The van der Waals surface area contributed by atoms with E-state index in [9.17, 15) is 0 Å². The number of allylic oxidation sites excluding steroid dienone is 4. The van der Waals surface area contributed by atoms with Gasteiger partial charge in [0, 0.05) is 7.62 Å². The highest BCUT2D eigenvalue weighted by atomic mass is 15.1. The fraction of sp³-hybridized carbons (Fsp3) is 0.182. The van der Waals surface area contributed by atoms with Gasteiger partial charge in [-0.05, 0) is 11.6 Å². The summed E-state index contributed by atoms with van der Waals surface area (Å²) in [6, 6.07) is 1.87. The van der Waals surface area contributed by atoms with Crippen LogP contribution in [0.15, 0.2) is 43.6 Å². The molecule has 0 aliphatic carbocycles. The third-order valence-electron chi connectivity index (χ3n) is 1.28. The Morgan fingerprint density at radius 3 is 2.77 bits per heavy atom. The van der Waals surface area contributed by atoms with Gasteiger partial charge < -0.3 is 0 Å². The number of nitrogens with zero attached hydrogens (tertiary/aromatic N) is 1. The molecule has 0 radical (unpaired) electrons. The van der Waals surface area contributed by atoms with Crippen molar-refractivity contribution < 1.29 is 1.43 Å². The first kappa shape index (κ1) is 11.4. The number of hydrogen-bond donors (Lipinski definition) is 1. The maximum absolute atomic E-state index is 3.83. The van der Waals surface area contributed by atoms with Crippen LogP contribution in [-0.4, -0.2) is 10.2 Å². The topological polar surface area (TPSA) is 28.7 Å². The average Bonchev–Trinajstić information content (AvgIpc) is 2.70. The molecular weight excluding hydrogens is 160 g/mol. The van der Waals surface area contributed by atoms with E-state index < -0.39 is 0 Å². The summed E-state index contributed by atoms with van der Waals surface area (Å²) in [6.45, 7) is 11.4. The van der Waals surface area contributed by atoms with Crippen molar-refractivity contribution in [2.24, 2.45) is 0 Å². The standard InChI is InChI=1S/C9H10N2.C2H6.H2/c1-3-4-5-8(2)9-6-7-10-11-9;1-2;/h3-7H,1-2H2,(H,10,11);1-2H3;1H/b5-4-;;. The molecule has 0 aromatic carbocycles. The van der Waals surface area contributed by atoms with Gasteiger partial charge in [-0.3, -0.25) is 5.10 Å². The lowest BCUT2D eigenvalue weighted by molar-refractivity contribution is 1.08. The molecule has 13 heavy (non-hydrogen) atoms. The minimum atomic E-state index is 0. The molecule has 0 spiro atoms. The molecule has 1 aromatic rings. The van der Waals surface area contributed by atoms with Crippen molar-refractivity contribution in [3.05, 3.63) is 49.3 Å². The summed E-state index contributed by atoms with van der Waals surface area (Å²) in [4.78, 5) is 0. The van der Waals surface area contributed by atoms with Crippen molar-refractivity contribution in [3.8, 4) is 0 Å². The molecule has 0 aliphatic rings. The largest absolute Gasteiger partial charge is 0.278 e. The molecule has 0 bridgehead atoms. The fourth-order valence-corrected chi connectivity index (χ4v) is 0.709. The maximum Gasteiger partial charge on any atom is 0.0644 e. The van der Waals surface area contributed by atoms with Crippen LogP contribution in [0.3, 0.4) is 0 Å². The Kier molecular flexibility index (Phi) is 6.24. The van der Waals surface area contributed by atoms with Gasteiger partial charge in [0.15, 0.2) is 0 Å². The first-order chi connectivity index (χ1) is 6.34. The van der Waals surface area contributed by atoms with Crippen LogP contribution in [0.2, 0.25) is 0 Å². The van der Waals surface area contributed by atoms with Crippen molar-refractivity contribution in [2.75, 3.05) is 0 Å². The molecular formula is C11H18N2. The smallest absolute Gasteiger partial charge is 0.0644 e. The number of nitrogens with one attached hydrogen (secondary N) is 1. The molecule has 0 fully saturated rings. The van der Waals surface area contributed by atoms with Crippen LogP contribution < -0.4 is 0 Å². The predicted octanol–water partition coefficient (Wildman–Crippen LogP) is 3.44. The quantitative estimate of drug-likeness (QED) is 0.706. The second kappa shape index (κ2) is 7.10. The zero-order valence-corrected chi connectivity index (χ0v) is 8.25. The number of aromatic amines is 1. The summed E-state index contributed by atoms with van der Waals surface area (Å²) in [5, 5.41) is 6.62. The Hall–Kier alpha value is -1.57. The Morgan fingerprint density at radius 2 is 2.31 bits per heavy atom. The van der Waals surface area contributed by atoms with E-state index in [2.05, 4.69) is 23.4 Å². The molecule has 0 unspecified atom stereocenters. The average molecular weight is 178 g/mol. The molecule has 1 rings (SSSR count). The number of hydrogen-bond acceptors (Lipinski definition) is 1. The second-order valence-corrected chi connectivity index (χ2v) is 2.09. The molecule has 72 valence electrons. The van der Waals surface area contributed by atoms with Gasteiger partial charge >= 0.3 is 0 Å². The lowest BCUT2D eigenvalue weighted by Crippen LogP contribution is -1.77. The molecule has 2 nitrogen and oxygen atoms in total. The normalized spacial score (nSPS) is 9.08. The van der Waals surface area contributed by atoms with Crippen LogP contribution in [0.5, 0.6) is 0 Å².